The molecular formula is C12H22N4O2S. The summed E-state index contributed by atoms with van der Waals surface area (Å²) in [5.74, 6) is 0. The molecule has 0 aliphatic carbocycles. The topological polar surface area (TPSA) is 92.4 Å². The minimum absolute atomic E-state index is 0.385. The molecule has 1 atom stereocenters. The Labute approximate surface area is 117 Å². The highest BCUT2D eigenvalue weighted by Gasteiger charge is 2.28. The van der Waals surface area contributed by atoms with Crippen molar-refractivity contribution in [2.75, 3.05) is 45.1 Å². The number of nitrogens with zero attached hydrogens (tertiary/aromatic N) is 1. The molecular weight excluding hydrogens is 264 g/mol. The molecule has 2 rings (SSSR count). The predicted molar refractivity (Wildman–Crippen MR) is 76.4 cm³/mol. The summed E-state index contributed by atoms with van der Waals surface area (Å²) in [4.78, 5) is 4.21. The standard InChI is InChI=1S/C12H22N4O2S/c13-11-16-10(6-19-11)2-1-3-14-7-12(17)8-15-4-5-18-9-12/h6,14-15,17H,1-5,7-9H2,(H2,13,16)/t12-/m1/s1. The fourth-order valence-corrected chi connectivity index (χ4v) is 2.64. The van der Waals surface area contributed by atoms with Gasteiger partial charge in [-0.2, -0.15) is 0 Å². The summed E-state index contributed by atoms with van der Waals surface area (Å²) in [6.07, 6.45) is 1.89. The number of anilines is 1. The zero-order valence-electron chi connectivity index (χ0n) is 11.0. The van der Waals surface area contributed by atoms with Crippen molar-refractivity contribution in [3.05, 3.63) is 11.1 Å². The number of aliphatic hydroxyl groups is 1. The fraction of sp³-hybridized carbons (Fsp3) is 0.750. The van der Waals surface area contributed by atoms with Crippen molar-refractivity contribution in [2.24, 2.45) is 0 Å². The summed E-state index contributed by atoms with van der Waals surface area (Å²) >= 11 is 1.47. The van der Waals surface area contributed by atoms with Crippen LogP contribution in [-0.4, -0.2) is 55.1 Å². The van der Waals surface area contributed by atoms with Crippen molar-refractivity contribution in [3.63, 3.8) is 0 Å². The number of ether oxygens (including phenoxy) is 1. The quantitative estimate of drug-likeness (QED) is 0.532. The number of aryl methyl sites for hydroxylation is 1. The van der Waals surface area contributed by atoms with Gasteiger partial charge in [0.25, 0.3) is 0 Å². The number of thiazole rings is 1. The second-order valence-electron chi connectivity index (χ2n) is 4.91. The Balaban J connectivity index is 1.60. The molecule has 0 spiro atoms. The Morgan fingerprint density at radius 2 is 2.53 bits per heavy atom. The lowest BCUT2D eigenvalue weighted by Gasteiger charge is -2.26. The third kappa shape index (κ3) is 5.04. The van der Waals surface area contributed by atoms with E-state index in [2.05, 4.69) is 15.6 Å². The summed E-state index contributed by atoms with van der Waals surface area (Å²) in [7, 11) is 0. The summed E-state index contributed by atoms with van der Waals surface area (Å²) in [6.45, 7) is 3.80. The van der Waals surface area contributed by atoms with E-state index in [1.807, 2.05) is 5.38 Å². The van der Waals surface area contributed by atoms with Gasteiger partial charge in [-0.05, 0) is 19.4 Å². The Kier molecular flexibility index (Phi) is 5.53. The van der Waals surface area contributed by atoms with E-state index in [0.29, 0.717) is 31.4 Å². The molecule has 1 aliphatic rings. The number of nitrogens with one attached hydrogen (secondary N) is 2. The normalized spacial score (nSPS) is 24.3. The van der Waals surface area contributed by atoms with Crippen molar-refractivity contribution in [1.29, 1.82) is 0 Å². The first-order valence-corrected chi connectivity index (χ1v) is 7.47. The molecule has 5 N–H and O–H groups in total. The number of nitrogen functional groups attached to an aromatic ring is 1. The van der Waals surface area contributed by atoms with Crippen molar-refractivity contribution in [3.8, 4) is 0 Å². The molecule has 0 unspecified atom stereocenters. The molecule has 0 saturated carbocycles. The molecule has 1 aromatic heterocycles. The van der Waals surface area contributed by atoms with Gasteiger partial charge in [-0.15, -0.1) is 11.3 Å². The molecule has 7 heteroatoms. The van der Waals surface area contributed by atoms with Gasteiger partial charge in [0.05, 0.1) is 18.9 Å². The largest absolute Gasteiger partial charge is 0.385 e. The number of β-amino-alcohol motifs (C(OH)–C–C–N with tert-alkyl or cyclic N) is 1. The van der Waals surface area contributed by atoms with Crippen LogP contribution in [-0.2, 0) is 11.2 Å². The highest BCUT2D eigenvalue weighted by atomic mass is 32.1. The summed E-state index contributed by atoms with van der Waals surface area (Å²) in [6, 6.07) is 0. The van der Waals surface area contributed by atoms with Gasteiger partial charge >= 0.3 is 0 Å². The molecule has 1 fully saturated rings. The highest BCUT2D eigenvalue weighted by molar-refractivity contribution is 7.13. The maximum absolute atomic E-state index is 10.3. The number of rotatable bonds is 6. The van der Waals surface area contributed by atoms with Crippen LogP contribution in [0.15, 0.2) is 5.38 Å². The third-order valence-electron chi connectivity index (χ3n) is 3.06. The summed E-state index contributed by atoms with van der Waals surface area (Å²) < 4.78 is 5.36. The van der Waals surface area contributed by atoms with Crippen LogP contribution >= 0.6 is 11.3 Å². The van der Waals surface area contributed by atoms with Gasteiger partial charge < -0.3 is 26.2 Å². The molecule has 1 aromatic rings. The van der Waals surface area contributed by atoms with Crippen LogP contribution in [0.1, 0.15) is 12.1 Å². The predicted octanol–water partition coefficient (Wildman–Crippen LogP) is -0.402. The number of hydrogen-bond acceptors (Lipinski definition) is 7. The van der Waals surface area contributed by atoms with E-state index < -0.39 is 5.60 Å². The molecule has 1 aliphatic heterocycles. The van der Waals surface area contributed by atoms with Gasteiger partial charge in [0.1, 0.15) is 5.60 Å². The lowest BCUT2D eigenvalue weighted by atomic mass is 10.1. The van der Waals surface area contributed by atoms with E-state index in [9.17, 15) is 5.11 Å². The molecule has 0 bridgehead atoms. The van der Waals surface area contributed by atoms with E-state index in [0.717, 1.165) is 31.6 Å². The van der Waals surface area contributed by atoms with E-state index in [4.69, 9.17) is 10.5 Å². The minimum Gasteiger partial charge on any atom is -0.385 e. The van der Waals surface area contributed by atoms with Crippen LogP contribution in [0.2, 0.25) is 0 Å². The number of aromatic nitrogens is 1. The average Bonchev–Trinajstić information content (AvgIpc) is 2.67. The van der Waals surface area contributed by atoms with E-state index >= 15 is 0 Å². The van der Waals surface area contributed by atoms with E-state index in [1.165, 1.54) is 11.3 Å². The molecule has 0 radical (unpaired) electrons. The van der Waals surface area contributed by atoms with Gasteiger partial charge in [0.15, 0.2) is 5.13 Å². The van der Waals surface area contributed by atoms with Crippen LogP contribution < -0.4 is 16.4 Å². The van der Waals surface area contributed by atoms with Gasteiger partial charge in [0, 0.05) is 25.0 Å². The molecule has 6 nitrogen and oxygen atoms in total. The van der Waals surface area contributed by atoms with Crippen LogP contribution in [0, 0.1) is 0 Å². The molecule has 0 amide bonds. The lowest BCUT2D eigenvalue weighted by Crippen LogP contribution is -2.50. The Morgan fingerprint density at radius 3 is 3.32 bits per heavy atom. The first kappa shape index (κ1) is 14.7. The van der Waals surface area contributed by atoms with Gasteiger partial charge in [-0.1, -0.05) is 0 Å². The SMILES string of the molecule is Nc1nc(CCCNC[C@@]2(O)CNCCOC2)cs1. The lowest BCUT2D eigenvalue weighted by molar-refractivity contribution is -0.0261. The van der Waals surface area contributed by atoms with E-state index in [1.54, 1.807) is 0 Å². The number of hydrogen-bond donors (Lipinski definition) is 4. The Bertz CT molecular complexity index is 378. The Hall–Kier alpha value is -0.730. The summed E-state index contributed by atoms with van der Waals surface area (Å²) in [5.41, 5.74) is 5.82. The maximum atomic E-state index is 10.3. The molecule has 108 valence electrons. The second-order valence-corrected chi connectivity index (χ2v) is 5.80. The highest BCUT2D eigenvalue weighted by Crippen LogP contribution is 2.12. The van der Waals surface area contributed by atoms with Crippen molar-refractivity contribution in [1.82, 2.24) is 15.6 Å². The van der Waals surface area contributed by atoms with Crippen molar-refractivity contribution < 1.29 is 9.84 Å². The first-order valence-electron chi connectivity index (χ1n) is 6.59. The zero-order chi connectivity index (χ0) is 13.6. The smallest absolute Gasteiger partial charge is 0.180 e. The Morgan fingerprint density at radius 1 is 1.63 bits per heavy atom. The molecule has 1 saturated heterocycles. The van der Waals surface area contributed by atoms with Crippen molar-refractivity contribution in [2.45, 2.75) is 18.4 Å². The van der Waals surface area contributed by atoms with Gasteiger partial charge in [-0.25, -0.2) is 4.98 Å². The average molecular weight is 286 g/mol. The zero-order valence-corrected chi connectivity index (χ0v) is 11.8. The third-order valence-corrected chi connectivity index (χ3v) is 3.78. The van der Waals surface area contributed by atoms with Crippen LogP contribution in [0.25, 0.3) is 0 Å². The molecule has 19 heavy (non-hydrogen) atoms. The fourth-order valence-electron chi connectivity index (χ4n) is 2.05. The van der Waals surface area contributed by atoms with Crippen LogP contribution in [0.4, 0.5) is 5.13 Å². The number of nitrogens with two attached hydrogens (primary N) is 1. The van der Waals surface area contributed by atoms with E-state index in [-0.39, 0.29) is 0 Å². The molecule has 2 heterocycles. The second kappa shape index (κ2) is 7.16. The van der Waals surface area contributed by atoms with Crippen LogP contribution in [0.3, 0.4) is 0 Å². The summed E-state index contributed by atoms with van der Waals surface area (Å²) in [5, 5.41) is 19.4. The minimum atomic E-state index is -0.804. The maximum Gasteiger partial charge on any atom is 0.180 e. The first-order chi connectivity index (χ1) is 9.18. The molecule has 0 aromatic carbocycles. The van der Waals surface area contributed by atoms with Crippen LogP contribution in [0.5, 0.6) is 0 Å². The monoisotopic (exact) mass is 286 g/mol. The van der Waals surface area contributed by atoms with Gasteiger partial charge in [0.2, 0.25) is 0 Å². The van der Waals surface area contributed by atoms with Gasteiger partial charge in [-0.3, -0.25) is 0 Å². The van der Waals surface area contributed by atoms with Crippen molar-refractivity contribution >= 4 is 16.5 Å².